The fourth-order valence-corrected chi connectivity index (χ4v) is 11.3. The van der Waals surface area contributed by atoms with Gasteiger partial charge >= 0.3 is 47.8 Å². The van der Waals surface area contributed by atoms with Crippen molar-refractivity contribution in [3.05, 3.63) is 263 Å². The zero-order valence-electron chi connectivity index (χ0n) is 46.6. The monoisotopic (exact) mass is 1190 g/mol. The first-order valence-corrected chi connectivity index (χ1v) is 27.5. The van der Waals surface area contributed by atoms with E-state index in [2.05, 4.69) is 24.3 Å². The molecule has 0 aliphatic heterocycles. The zero-order valence-corrected chi connectivity index (χ0v) is 46.6. The van der Waals surface area contributed by atoms with E-state index in [1.807, 2.05) is 72.8 Å². The summed E-state index contributed by atoms with van der Waals surface area (Å²) in [5, 5.41) is 83.7. The van der Waals surface area contributed by atoms with Crippen molar-refractivity contribution in [2.45, 2.75) is 0 Å². The summed E-state index contributed by atoms with van der Waals surface area (Å²) in [6, 6.07) is 61.1. The molecule has 0 saturated carbocycles. The third-order valence-electron chi connectivity index (χ3n) is 15.8. The number of aromatic carboxylic acids is 8. The van der Waals surface area contributed by atoms with Crippen LogP contribution in [-0.4, -0.2) is 88.6 Å². The highest BCUT2D eigenvalue weighted by Gasteiger charge is 2.20. The minimum atomic E-state index is -1.29. The molecular formula is C74H44O16. The van der Waals surface area contributed by atoms with Gasteiger partial charge in [0.25, 0.3) is 0 Å². The van der Waals surface area contributed by atoms with Gasteiger partial charge in [0, 0.05) is 0 Å². The Hall–Kier alpha value is -12.8. The van der Waals surface area contributed by atoms with Gasteiger partial charge in [0.2, 0.25) is 0 Å². The lowest BCUT2D eigenvalue weighted by Crippen LogP contribution is -2.03. The van der Waals surface area contributed by atoms with Crippen molar-refractivity contribution in [2.24, 2.45) is 0 Å². The van der Waals surface area contributed by atoms with E-state index in [1.165, 1.54) is 48.5 Å². The molecule has 12 aromatic carbocycles. The van der Waals surface area contributed by atoms with E-state index in [9.17, 15) is 79.2 Å². The fraction of sp³-hybridized carbons (Fsp3) is 0. The quantitative estimate of drug-likeness (QED) is 0.0417. The molecule has 16 nitrogen and oxygen atoms in total. The van der Waals surface area contributed by atoms with Gasteiger partial charge in [-0.25, -0.2) is 38.4 Å². The first kappa shape index (κ1) is 57.6. The van der Waals surface area contributed by atoms with Gasteiger partial charge in [0.1, 0.15) is 0 Å². The molecule has 0 fully saturated rings. The third kappa shape index (κ3) is 11.3. The molecule has 0 bridgehead atoms. The third-order valence-corrected chi connectivity index (χ3v) is 15.8. The van der Waals surface area contributed by atoms with E-state index in [-0.39, 0.29) is 44.5 Å². The van der Waals surface area contributed by atoms with E-state index in [1.54, 1.807) is 48.5 Å². The Morgan fingerprint density at radius 1 is 0.156 bits per heavy atom. The number of rotatable bonds is 16. The highest BCUT2D eigenvalue weighted by Crippen LogP contribution is 2.43. The van der Waals surface area contributed by atoms with Gasteiger partial charge in [-0.2, -0.15) is 0 Å². The lowest BCUT2D eigenvalue weighted by atomic mass is 9.87. The van der Waals surface area contributed by atoms with Crippen molar-refractivity contribution in [3.63, 3.8) is 0 Å². The summed E-state index contributed by atoms with van der Waals surface area (Å²) in [7, 11) is 0. The van der Waals surface area contributed by atoms with Crippen molar-refractivity contribution < 1.29 is 79.2 Å². The highest BCUT2D eigenvalue weighted by molar-refractivity contribution is 6.10. The van der Waals surface area contributed by atoms with Gasteiger partial charge in [-0.3, -0.25) is 0 Å². The second-order valence-corrected chi connectivity index (χ2v) is 21.5. The van der Waals surface area contributed by atoms with Crippen LogP contribution in [0.25, 0.3) is 121 Å². The molecule has 0 spiro atoms. The van der Waals surface area contributed by atoms with E-state index >= 15 is 0 Å². The normalized spacial score (nSPS) is 11.2. The molecule has 436 valence electrons. The van der Waals surface area contributed by atoms with Crippen LogP contribution in [0.4, 0.5) is 0 Å². The van der Waals surface area contributed by atoms with Crippen molar-refractivity contribution in [1.82, 2.24) is 0 Å². The van der Waals surface area contributed by atoms with Crippen LogP contribution in [0, 0.1) is 0 Å². The maximum absolute atomic E-state index is 12.0. The average Bonchev–Trinajstić information content (AvgIpc) is 0.837. The van der Waals surface area contributed by atoms with Crippen LogP contribution >= 0.6 is 0 Å². The molecule has 12 rings (SSSR count). The smallest absolute Gasteiger partial charge is 0.335 e. The summed E-state index contributed by atoms with van der Waals surface area (Å²) < 4.78 is 0. The van der Waals surface area contributed by atoms with Crippen LogP contribution in [0.3, 0.4) is 0 Å². The van der Waals surface area contributed by atoms with Crippen molar-refractivity contribution in [1.29, 1.82) is 0 Å². The molecule has 0 saturated heterocycles. The summed E-state index contributed by atoms with van der Waals surface area (Å²) in [4.78, 5) is 96.4. The minimum Gasteiger partial charge on any atom is -0.478 e. The van der Waals surface area contributed by atoms with E-state index < -0.39 is 47.8 Å². The Kier molecular flexibility index (Phi) is 14.6. The number of carboxylic acids is 8. The second kappa shape index (κ2) is 22.9. The molecule has 0 aromatic heterocycles. The van der Waals surface area contributed by atoms with E-state index in [4.69, 9.17) is 0 Å². The summed E-state index contributed by atoms with van der Waals surface area (Å²) in [5.74, 6) is -10.3. The summed E-state index contributed by atoms with van der Waals surface area (Å²) in [6.07, 6.45) is 0. The molecule has 0 aliphatic carbocycles. The topological polar surface area (TPSA) is 298 Å². The Balaban J connectivity index is 1.01. The Morgan fingerprint density at radius 2 is 0.289 bits per heavy atom. The molecule has 0 amide bonds. The molecule has 0 atom stereocenters. The van der Waals surface area contributed by atoms with Crippen molar-refractivity contribution in [2.75, 3.05) is 0 Å². The zero-order chi connectivity index (χ0) is 63.4. The van der Waals surface area contributed by atoms with Crippen LogP contribution in [-0.2, 0) is 0 Å². The van der Waals surface area contributed by atoms with Gasteiger partial charge in [-0.15, -0.1) is 0 Å². The van der Waals surface area contributed by atoms with Crippen LogP contribution in [0.5, 0.6) is 0 Å². The SMILES string of the molecule is O=C(O)c1cc(C(=O)O)cc(-c2ccc(-c3cc4cc5cc6cc(-c7ccc(-c8cc(C(=O)O)cc(C(=O)O)c8)cc7)c(-c7ccc(-c8cc(C(=O)O)cc(C(=O)O)c8)cc7)cc6cc5cc4cc3-c3ccc(-c4cc(C(=O)O)cc(C(=O)O)c4)cc3)cc2)c1. The molecule has 0 unspecified atom stereocenters. The Labute approximate surface area is 508 Å². The molecule has 12 aromatic rings. The predicted octanol–water partition coefficient (Wildman–Crippen LogP) is 16.1. The maximum atomic E-state index is 12.0. The lowest BCUT2D eigenvalue weighted by molar-refractivity contribution is 0.0676. The number of fused-ring (bicyclic) bond motifs is 3. The van der Waals surface area contributed by atoms with Crippen LogP contribution in [0.2, 0.25) is 0 Å². The molecule has 0 radical (unpaired) electrons. The molecular weight excluding hydrogens is 1140 g/mol. The predicted molar refractivity (Wildman–Crippen MR) is 338 cm³/mol. The lowest BCUT2D eigenvalue weighted by Gasteiger charge is -2.16. The highest BCUT2D eigenvalue weighted by atomic mass is 16.4. The van der Waals surface area contributed by atoms with Crippen LogP contribution in [0.15, 0.2) is 218 Å². The summed E-state index contributed by atoms with van der Waals surface area (Å²) >= 11 is 0. The Morgan fingerprint density at radius 3 is 0.433 bits per heavy atom. The number of carboxylic acid groups (broad SMARTS) is 8. The summed E-state index contributed by atoms with van der Waals surface area (Å²) in [5.41, 5.74) is 8.36. The van der Waals surface area contributed by atoms with Gasteiger partial charge in [0.15, 0.2) is 0 Å². The van der Waals surface area contributed by atoms with Gasteiger partial charge in [0.05, 0.1) is 44.5 Å². The number of hydrogen-bond donors (Lipinski definition) is 8. The standard InChI is InChI=1S/C74H44O16/c75-67(76)55-21-45(22-56(29-55)68(77)78)37-1-9-41(10-2-37)63-33-51-17-49-19-53-35-65(43-13-5-39(6-14-43)47-25-59(71(83)84)31-60(26-47)72(85)86)66(44-15-7-40(8-16-44)48-27-61(73(87)88)32-62(28-48)74(89)90)36-54(53)20-50(49)18-52(51)34-64(63)42-11-3-38(4-12-42)46-23-57(69(79)80)30-58(24-46)70(81)82/h1-36H,(H,75,76)(H,77,78)(H,79,80)(H,81,82)(H,83,84)(H,85,86)(H,87,88)(H,89,90). The number of hydrogen-bond acceptors (Lipinski definition) is 8. The van der Waals surface area contributed by atoms with Gasteiger partial charge in [-0.05, 0) is 243 Å². The largest absolute Gasteiger partial charge is 0.478 e. The summed E-state index contributed by atoms with van der Waals surface area (Å²) in [6.45, 7) is 0. The van der Waals surface area contributed by atoms with Crippen molar-refractivity contribution in [3.8, 4) is 89.0 Å². The average molecular weight is 1190 g/mol. The van der Waals surface area contributed by atoms with Crippen molar-refractivity contribution >= 4 is 80.1 Å². The van der Waals surface area contributed by atoms with E-state index in [0.717, 1.165) is 101 Å². The van der Waals surface area contributed by atoms with Gasteiger partial charge < -0.3 is 40.9 Å². The van der Waals surface area contributed by atoms with Crippen LogP contribution in [0.1, 0.15) is 82.9 Å². The van der Waals surface area contributed by atoms with Gasteiger partial charge in [-0.1, -0.05) is 97.1 Å². The molecule has 16 heteroatoms. The molecule has 90 heavy (non-hydrogen) atoms. The molecule has 0 heterocycles. The van der Waals surface area contributed by atoms with E-state index in [0.29, 0.717) is 44.5 Å². The first-order valence-electron chi connectivity index (χ1n) is 27.5. The molecule has 0 aliphatic rings. The minimum absolute atomic E-state index is 0.190. The Bertz CT molecular complexity index is 4340. The first-order chi connectivity index (χ1) is 43.1. The maximum Gasteiger partial charge on any atom is 0.335 e. The second-order valence-electron chi connectivity index (χ2n) is 21.5. The van der Waals surface area contributed by atoms with Crippen LogP contribution < -0.4 is 0 Å². The molecule has 8 N–H and O–H groups in total. The fourth-order valence-electron chi connectivity index (χ4n) is 11.3. The number of benzene rings is 12. The number of carbonyl (C=O) groups is 8.